The van der Waals surface area contributed by atoms with Gasteiger partial charge in [0.15, 0.2) is 11.5 Å². The lowest BCUT2D eigenvalue weighted by molar-refractivity contribution is -0.132. The molecule has 274 valence electrons. The van der Waals surface area contributed by atoms with Gasteiger partial charge in [-0.3, -0.25) is 19.2 Å². The van der Waals surface area contributed by atoms with Crippen LogP contribution >= 0.6 is 0 Å². The maximum atomic E-state index is 13.8. The Kier molecular flexibility index (Phi) is 12.7. The van der Waals surface area contributed by atoms with Crippen LogP contribution in [0.2, 0.25) is 0 Å². The average molecular weight is 714 g/mol. The van der Waals surface area contributed by atoms with Gasteiger partial charge in [0, 0.05) is 57.5 Å². The van der Waals surface area contributed by atoms with Crippen LogP contribution in [0, 0.1) is 0 Å². The molecule has 2 aromatic heterocycles. The number of carbonyl (C=O) groups is 4. The molecule has 4 amide bonds. The van der Waals surface area contributed by atoms with Crippen molar-refractivity contribution in [1.29, 1.82) is 0 Å². The summed E-state index contributed by atoms with van der Waals surface area (Å²) in [4.78, 5) is 60.3. The van der Waals surface area contributed by atoms with E-state index in [-0.39, 0.29) is 44.1 Å². The lowest BCUT2D eigenvalue weighted by Gasteiger charge is -2.26. The number of fused-ring (bicyclic) bond motifs is 16. The van der Waals surface area contributed by atoms with Crippen LogP contribution in [0.4, 0.5) is 5.82 Å². The quantitative estimate of drug-likeness (QED) is 0.177. The molecule has 4 aromatic rings. The van der Waals surface area contributed by atoms with E-state index in [1.165, 1.54) is 20.1 Å². The zero-order valence-electron chi connectivity index (χ0n) is 29.2. The number of ether oxygens (including phenoxy) is 2. The molecule has 0 saturated carbocycles. The zero-order chi connectivity index (χ0) is 37.0. The van der Waals surface area contributed by atoms with E-state index in [1.54, 1.807) is 53.3 Å². The minimum Gasteiger partial charge on any atom is -0.493 e. The highest BCUT2D eigenvalue weighted by Crippen LogP contribution is 2.28. The third kappa shape index (κ3) is 9.60. The Morgan fingerprint density at radius 1 is 1.06 bits per heavy atom. The first-order valence-corrected chi connectivity index (χ1v) is 16.9. The van der Waals surface area contributed by atoms with E-state index >= 15 is 0 Å². The van der Waals surface area contributed by atoms with Crippen molar-refractivity contribution in [2.45, 2.75) is 44.5 Å². The number of pyridine rings is 1. The zero-order valence-corrected chi connectivity index (χ0v) is 29.2. The molecule has 6 rings (SSSR count). The van der Waals surface area contributed by atoms with Crippen LogP contribution in [0.15, 0.2) is 73.1 Å². The van der Waals surface area contributed by atoms with Gasteiger partial charge in [-0.25, -0.2) is 9.67 Å². The first kappa shape index (κ1) is 37.2. The topological polar surface area (TPSA) is 202 Å². The van der Waals surface area contributed by atoms with Crippen LogP contribution in [-0.4, -0.2) is 112 Å². The number of carbonyl (C=O) groups excluding carboxylic acids is 4. The second kappa shape index (κ2) is 17.8. The average Bonchev–Trinajstić information content (AvgIpc) is 3.61. The van der Waals surface area contributed by atoms with Gasteiger partial charge in [-0.1, -0.05) is 35.5 Å². The number of hydrogen-bond donors (Lipinski definition) is 5. The molecule has 2 aromatic carbocycles. The number of aromatic nitrogens is 4. The van der Waals surface area contributed by atoms with Gasteiger partial charge in [0.05, 0.1) is 31.0 Å². The number of aliphatic hydroxyl groups is 1. The first-order valence-electron chi connectivity index (χ1n) is 16.9. The van der Waals surface area contributed by atoms with Crippen LogP contribution in [-0.2, 0) is 29.0 Å². The SMILES string of the molecule is CNc1ncccc1C(=O)N1CCNC(=O)[C@H]([C@@H](C)O)NC(=O)[C@@H](Cc2ccccc2)NC(=O)c2ccc(c(OC)c2)OCCn2cc(nn2)CC1. The molecule has 0 radical (unpaired) electrons. The lowest BCUT2D eigenvalue weighted by Crippen LogP contribution is -2.58. The number of benzene rings is 2. The molecule has 0 aliphatic carbocycles. The number of aliphatic hydroxyl groups excluding tert-OH is 1. The van der Waals surface area contributed by atoms with E-state index < -0.39 is 35.9 Å². The number of anilines is 1. The summed E-state index contributed by atoms with van der Waals surface area (Å²) in [5, 5.41) is 30.1. The number of nitrogens with one attached hydrogen (secondary N) is 4. The van der Waals surface area contributed by atoms with Crippen LogP contribution in [0.1, 0.15) is 38.9 Å². The van der Waals surface area contributed by atoms with Crippen LogP contribution < -0.4 is 30.7 Å². The van der Waals surface area contributed by atoms with Gasteiger partial charge < -0.3 is 40.7 Å². The summed E-state index contributed by atoms with van der Waals surface area (Å²) in [6.45, 7) is 2.29. The molecule has 5 N–H and O–H groups in total. The van der Waals surface area contributed by atoms with Gasteiger partial charge in [0.25, 0.3) is 11.8 Å². The fourth-order valence-electron chi connectivity index (χ4n) is 5.64. The highest BCUT2D eigenvalue weighted by molar-refractivity contribution is 5.99. The second-order valence-corrected chi connectivity index (χ2v) is 12.1. The molecule has 3 atom stereocenters. The van der Waals surface area contributed by atoms with E-state index in [2.05, 4.69) is 36.6 Å². The van der Waals surface area contributed by atoms with Crippen molar-refractivity contribution in [2.24, 2.45) is 0 Å². The van der Waals surface area contributed by atoms with E-state index in [9.17, 15) is 24.3 Å². The third-order valence-corrected chi connectivity index (χ3v) is 8.44. The molecule has 16 heteroatoms. The second-order valence-electron chi connectivity index (χ2n) is 12.1. The smallest absolute Gasteiger partial charge is 0.257 e. The molecule has 4 bridgehead atoms. The Morgan fingerprint density at radius 2 is 1.87 bits per heavy atom. The van der Waals surface area contributed by atoms with Crippen molar-refractivity contribution in [3.05, 3.63) is 95.4 Å². The molecule has 0 spiro atoms. The summed E-state index contributed by atoms with van der Waals surface area (Å²) in [6, 6.07) is 14.6. The summed E-state index contributed by atoms with van der Waals surface area (Å²) in [7, 11) is 3.12. The van der Waals surface area contributed by atoms with E-state index in [1.807, 2.05) is 30.3 Å². The molecule has 0 unspecified atom stereocenters. The molecule has 0 saturated heterocycles. The van der Waals surface area contributed by atoms with Crippen LogP contribution in [0.3, 0.4) is 0 Å². The fraction of sp³-hybridized carbons (Fsp3) is 0.361. The maximum absolute atomic E-state index is 13.8. The Labute approximate surface area is 300 Å². The standard InChI is InChI=1S/C36H43N9O7/c1-23(46)31-35(49)39-15-17-44(36(50)27-10-7-14-38-32(27)37-2)16-13-26-22-45(43-42-26)18-19-52-29-12-11-25(21-30(29)51-3)33(47)40-28(34(48)41-31)20-24-8-5-4-6-9-24/h4-12,14,21-23,28,31,46H,13,15-20H2,1-3H3,(H,37,38)(H,39,49)(H,40,47)(H,41,48)/t23-,28-,31+/m1/s1. The summed E-state index contributed by atoms with van der Waals surface area (Å²) >= 11 is 0. The minimum absolute atomic E-state index is 0.00464. The van der Waals surface area contributed by atoms with Gasteiger partial charge >= 0.3 is 0 Å². The highest BCUT2D eigenvalue weighted by atomic mass is 16.5. The van der Waals surface area contributed by atoms with Gasteiger partial charge in [-0.05, 0) is 42.8 Å². The molecule has 52 heavy (non-hydrogen) atoms. The van der Waals surface area contributed by atoms with Gasteiger partial charge in [0.1, 0.15) is 24.5 Å². The third-order valence-electron chi connectivity index (χ3n) is 8.44. The van der Waals surface area contributed by atoms with Gasteiger partial charge in [0.2, 0.25) is 11.8 Å². The lowest BCUT2D eigenvalue weighted by atomic mass is 10.0. The van der Waals surface area contributed by atoms with Crippen LogP contribution in [0.5, 0.6) is 11.5 Å². The molecule has 0 fully saturated rings. The van der Waals surface area contributed by atoms with Crippen molar-refractivity contribution in [3.8, 4) is 11.5 Å². The van der Waals surface area contributed by atoms with Crippen molar-refractivity contribution >= 4 is 29.4 Å². The van der Waals surface area contributed by atoms with Crippen molar-refractivity contribution in [3.63, 3.8) is 0 Å². The predicted octanol–water partition coefficient (Wildman–Crippen LogP) is 0.824. The van der Waals surface area contributed by atoms with Crippen molar-refractivity contribution in [1.82, 2.24) is 40.8 Å². The Bertz CT molecular complexity index is 1850. The summed E-state index contributed by atoms with van der Waals surface area (Å²) < 4.78 is 13.1. The monoisotopic (exact) mass is 713 g/mol. The molecule has 2 aliphatic rings. The number of amides is 4. The number of rotatable bonds is 6. The molecule has 4 heterocycles. The van der Waals surface area contributed by atoms with E-state index in [4.69, 9.17) is 9.47 Å². The molecular weight excluding hydrogens is 670 g/mol. The Hall–Kier alpha value is -6.03. The van der Waals surface area contributed by atoms with E-state index in [0.717, 1.165) is 5.56 Å². The first-order chi connectivity index (χ1) is 25.2. The summed E-state index contributed by atoms with van der Waals surface area (Å²) in [5.41, 5.74) is 1.96. The molecule has 2 aliphatic heterocycles. The van der Waals surface area contributed by atoms with Crippen molar-refractivity contribution < 1.29 is 33.8 Å². The van der Waals surface area contributed by atoms with Crippen LogP contribution in [0.25, 0.3) is 0 Å². The molecule has 16 nitrogen and oxygen atoms in total. The maximum Gasteiger partial charge on any atom is 0.257 e. The number of nitrogens with zero attached hydrogens (tertiary/aromatic N) is 5. The number of hydrogen-bond acceptors (Lipinski definition) is 11. The minimum atomic E-state index is -1.37. The highest BCUT2D eigenvalue weighted by Gasteiger charge is 2.31. The van der Waals surface area contributed by atoms with Gasteiger partial charge in [-0.15, -0.1) is 5.10 Å². The summed E-state index contributed by atoms with van der Waals surface area (Å²) in [5.74, 6) is -1.13. The molecular formula is C36H43N9O7. The number of methoxy groups -OCH3 is 1. The predicted molar refractivity (Wildman–Crippen MR) is 190 cm³/mol. The Morgan fingerprint density at radius 3 is 2.62 bits per heavy atom. The largest absolute Gasteiger partial charge is 0.493 e. The Balaban J connectivity index is 1.44. The summed E-state index contributed by atoms with van der Waals surface area (Å²) in [6.07, 6.45) is 2.51. The fourth-order valence-corrected chi connectivity index (χ4v) is 5.64. The van der Waals surface area contributed by atoms with Gasteiger partial charge in [-0.2, -0.15) is 0 Å². The normalized spacial score (nSPS) is 18.3. The van der Waals surface area contributed by atoms with Crippen molar-refractivity contribution in [2.75, 3.05) is 45.7 Å². The van der Waals surface area contributed by atoms with E-state index in [0.29, 0.717) is 41.5 Å².